The molecule has 0 saturated carbocycles. The summed E-state index contributed by atoms with van der Waals surface area (Å²) in [5.74, 6) is 1.04. The van der Waals surface area contributed by atoms with Gasteiger partial charge in [0.25, 0.3) is 5.91 Å². The lowest BCUT2D eigenvalue weighted by Gasteiger charge is -2.26. The Labute approximate surface area is 137 Å². The Bertz CT molecular complexity index is 668. The number of rotatable bonds is 3. The van der Waals surface area contributed by atoms with Crippen molar-refractivity contribution in [1.29, 1.82) is 0 Å². The van der Waals surface area contributed by atoms with Crippen LogP contribution in [-0.2, 0) is 6.54 Å². The molecule has 1 N–H and O–H groups in total. The Hall–Kier alpha value is -1.20. The Morgan fingerprint density at radius 1 is 1.48 bits per heavy atom. The topological polar surface area (TPSA) is 34.0 Å². The van der Waals surface area contributed by atoms with Crippen LogP contribution in [0.4, 0.5) is 0 Å². The molecule has 0 radical (unpaired) electrons. The van der Waals surface area contributed by atoms with Crippen molar-refractivity contribution in [3.05, 3.63) is 52.3 Å². The van der Waals surface area contributed by atoms with Gasteiger partial charge >= 0.3 is 0 Å². The first kappa shape index (κ1) is 14.7. The minimum Gasteiger partial charge on any atom is -0.344 e. The number of carbonyl (C=O) groups is 1. The van der Waals surface area contributed by atoms with Gasteiger partial charge in [0.2, 0.25) is 0 Å². The molecule has 21 heavy (non-hydrogen) atoms. The van der Waals surface area contributed by atoms with Gasteiger partial charge in [0.05, 0.1) is 6.04 Å². The highest BCUT2D eigenvalue weighted by molar-refractivity contribution is 9.10. The van der Waals surface area contributed by atoms with Crippen LogP contribution >= 0.6 is 27.7 Å². The van der Waals surface area contributed by atoms with Crippen molar-refractivity contribution >= 4 is 33.6 Å². The molecule has 0 fully saturated rings. The second-order valence-corrected chi connectivity index (χ2v) is 7.08. The zero-order valence-electron chi connectivity index (χ0n) is 11.8. The van der Waals surface area contributed by atoms with Crippen LogP contribution in [0.5, 0.6) is 0 Å². The van der Waals surface area contributed by atoms with E-state index in [0.29, 0.717) is 5.69 Å². The molecule has 3 rings (SSSR count). The number of thioether (sulfide) groups is 1. The van der Waals surface area contributed by atoms with E-state index in [1.54, 1.807) is 0 Å². The lowest BCUT2D eigenvalue weighted by molar-refractivity contribution is 0.0925. The predicted molar refractivity (Wildman–Crippen MR) is 89.8 cm³/mol. The van der Waals surface area contributed by atoms with E-state index < -0.39 is 0 Å². The maximum absolute atomic E-state index is 12.6. The van der Waals surface area contributed by atoms with Crippen LogP contribution in [0.2, 0.25) is 0 Å². The lowest BCUT2D eigenvalue weighted by Crippen LogP contribution is -2.31. The van der Waals surface area contributed by atoms with Gasteiger partial charge in [-0.15, -0.1) is 11.8 Å². The van der Waals surface area contributed by atoms with E-state index in [-0.39, 0.29) is 11.9 Å². The van der Waals surface area contributed by atoms with Gasteiger partial charge in [0.1, 0.15) is 5.69 Å². The highest BCUT2D eigenvalue weighted by atomic mass is 79.9. The number of hydrogen-bond donors (Lipinski definition) is 1. The molecule has 5 heteroatoms. The molecule has 110 valence electrons. The van der Waals surface area contributed by atoms with E-state index in [1.807, 2.05) is 41.6 Å². The van der Waals surface area contributed by atoms with Crippen molar-refractivity contribution in [1.82, 2.24) is 9.88 Å². The number of aryl methyl sites for hydroxylation is 1. The van der Waals surface area contributed by atoms with Gasteiger partial charge in [-0.25, -0.2) is 0 Å². The van der Waals surface area contributed by atoms with Crippen LogP contribution in [0.25, 0.3) is 0 Å². The number of nitrogens with zero attached hydrogens (tertiary/aromatic N) is 1. The standard InChI is InChI=1S/C16H17BrN2OS/c1-2-19-10-11(17)9-14(19)16(20)18-13-7-8-21-15-6-4-3-5-12(13)15/h3-6,9-10,13H,2,7-8H2,1H3,(H,18,20). The Kier molecular flexibility index (Phi) is 4.40. The lowest BCUT2D eigenvalue weighted by atomic mass is 10.0. The first-order valence-corrected chi connectivity index (χ1v) is 8.85. The minimum absolute atomic E-state index is 0.00532. The smallest absolute Gasteiger partial charge is 0.268 e. The van der Waals surface area contributed by atoms with Gasteiger partial charge in [-0.2, -0.15) is 0 Å². The first-order valence-electron chi connectivity index (χ1n) is 7.07. The summed E-state index contributed by atoms with van der Waals surface area (Å²) >= 11 is 5.30. The predicted octanol–water partition coefficient (Wildman–Crippen LogP) is 4.24. The Morgan fingerprint density at radius 3 is 3.10 bits per heavy atom. The number of hydrogen-bond acceptors (Lipinski definition) is 2. The molecule has 3 nitrogen and oxygen atoms in total. The van der Waals surface area contributed by atoms with Crippen LogP contribution in [0.1, 0.15) is 35.4 Å². The molecule has 1 aliphatic heterocycles. The van der Waals surface area contributed by atoms with Gasteiger partial charge < -0.3 is 9.88 Å². The normalized spacial score (nSPS) is 17.3. The van der Waals surface area contributed by atoms with Crippen molar-refractivity contribution < 1.29 is 4.79 Å². The van der Waals surface area contributed by atoms with Crippen LogP contribution < -0.4 is 5.32 Å². The van der Waals surface area contributed by atoms with Crippen molar-refractivity contribution in [2.45, 2.75) is 30.8 Å². The molecule has 1 unspecified atom stereocenters. The molecule has 2 heterocycles. The van der Waals surface area contributed by atoms with Crippen LogP contribution in [0, 0.1) is 0 Å². The van der Waals surface area contributed by atoms with Crippen molar-refractivity contribution in [3.8, 4) is 0 Å². The first-order chi connectivity index (χ1) is 10.2. The molecular weight excluding hydrogens is 348 g/mol. The minimum atomic E-state index is -0.00532. The fourth-order valence-corrected chi connectivity index (χ4v) is 4.24. The van der Waals surface area contributed by atoms with Crippen molar-refractivity contribution in [3.63, 3.8) is 0 Å². The SMILES string of the molecule is CCn1cc(Br)cc1C(=O)NC1CCSc2ccccc21. The monoisotopic (exact) mass is 364 g/mol. The molecule has 1 aromatic heterocycles. The van der Waals surface area contributed by atoms with E-state index in [9.17, 15) is 4.79 Å². The van der Waals surface area contributed by atoms with Gasteiger partial charge in [-0.1, -0.05) is 18.2 Å². The van der Waals surface area contributed by atoms with Gasteiger partial charge in [-0.3, -0.25) is 4.79 Å². The summed E-state index contributed by atoms with van der Waals surface area (Å²) in [6, 6.07) is 10.3. The second-order valence-electron chi connectivity index (χ2n) is 5.03. The molecule has 1 aromatic carbocycles. The molecule has 0 bridgehead atoms. The third kappa shape index (κ3) is 3.04. The number of aromatic nitrogens is 1. The van der Waals surface area contributed by atoms with Gasteiger partial charge in [0.15, 0.2) is 0 Å². The zero-order chi connectivity index (χ0) is 14.8. The molecule has 1 amide bonds. The summed E-state index contributed by atoms with van der Waals surface area (Å²) in [5, 5.41) is 3.19. The van der Waals surface area contributed by atoms with Crippen LogP contribution in [0.15, 0.2) is 45.9 Å². The average molecular weight is 365 g/mol. The highest BCUT2D eigenvalue weighted by Gasteiger charge is 2.23. The molecule has 0 spiro atoms. The zero-order valence-corrected chi connectivity index (χ0v) is 14.2. The Morgan fingerprint density at radius 2 is 2.29 bits per heavy atom. The largest absolute Gasteiger partial charge is 0.344 e. The molecule has 2 aromatic rings. The van der Waals surface area contributed by atoms with E-state index in [0.717, 1.165) is 23.2 Å². The summed E-state index contributed by atoms with van der Waals surface area (Å²) < 4.78 is 2.90. The van der Waals surface area contributed by atoms with E-state index >= 15 is 0 Å². The van der Waals surface area contributed by atoms with Crippen molar-refractivity contribution in [2.75, 3.05) is 5.75 Å². The quantitative estimate of drug-likeness (QED) is 0.883. The third-order valence-corrected chi connectivity index (χ3v) is 5.26. The molecule has 1 atom stereocenters. The summed E-state index contributed by atoms with van der Waals surface area (Å²) in [5.41, 5.74) is 1.94. The molecule has 0 aliphatic carbocycles. The number of carbonyl (C=O) groups excluding carboxylic acids is 1. The van der Waals surface area contributed by atoms with Gasteiger partial charge in [-0.05, 0) is 47.0 Å². The summed E-state index contributed by atoms with van der Waals surface area (Å²) in [4.78, 5) is 13.8. The number of amides is 1. The molecular formula is C16H17BrN2OS. The number of fused-ring (bicyclic) bond motifs is 1. The van der Waals surface area contributed by atoms with E-state index in [2.05, 4.69) is 39.4 Å². The fraction of sp³-hybridized carbons (Fsp3) is 0.312. The van der Waals surface area contributed by atoms with E-state index in [1.165, 1.54) is 10.5 Å². The highest BCUT2D eigenvalue weighted by Crippen LogP contribution is 2.36. The maximum atomic E-state index is 12.6. The molecule has 1 aliphatic rings. The average Bonchev–Trinajstić information content (AvgIpc) is 2.89. The summed E-state index contributed by atoms with van der Waals surface area (Å²) in [6.45, 7) is 2.82. The van der Waals surface area contributed by atoms with E-state index in [4.69, 9.17) is 0 Å². The molecule has 0 saturated heterocycles. The van der Waals surface area contributed by atoms with Gasteiger partial charge in [0, 0.05) is 27.9 Å². The number of nitrogens with one attached hydrogen (secondary N) is 1. The number of benzene rings is 1. The number of halogens is 1. The van der Waals surface area contributed by atoms with Crippen LogP contribution in [0.3, 0.4) is 0 Å². The summed E-state index contributed by atoms with van der Waals surface area (Å²) in [6.07, 6.45) is 2.92. The second kappa shape index (κ2) is 6.28. The van der Waals surface area contributed by atoms with Crippen LogP contribution in [-0.4, -0.2) is 16.2 Å². The third-order valence-electron chi connectivity index (χ3n) is 3.70. The summed E-state index contributed by atoms with van der Waals surface area (Å²) in [7, 11) is 0. The van der Waals surface area contributed by atoms with Crippen molar-refractivity contribution in [2.24, 2.45) is 0 Å². The fourth-order valence-electron chi connectivity index (χ4n) is 2.65. The maximum Gasteiger partial charge on any atom is 0.268 e. The Balaban J connectivity index is 1.82.